The lowest BCUT2D eigenvalue weighted by Gasteiger charge is -2.12. The van der Waals surface area contributed by atoms with Crippen molar-refractivity contribution in [1.82, 2.24) is 5.32 Å². The second-order valence-electron chi connectivity index (χ2n) is 5.30. The molecule has 0 radical (unpaired) electrons. The van der Waals surface area contributed by atoms with Crippen LogP contribution in [0, 0.1) is 18.6 Å². The fourth-order valence-electron chi connectivity index (χ4n) is 1.93. The van der Waals surface area contributed by atoms with Gasteiger partial charge in [-0.25, -0.2) is 8.78 Å². The normalized spacial score (nSPS) is 11.1. The van der Waals surface area contributed by atoms with Gasteiger partial charge in [-0.05, 0) is 42.3 Å². The number of hydrogen-bond donors (Lipinski definition) is 1. The summed E-state index contributed by atoms with van der Waals surface area (Å²) in [6, 6.07) is 10.2. The summed E-state index contributed by atoms with van der Waals surface area (Å²) in [4.78, 5) is 1.38. The van der Waals surface area contributed by atoms with Gasteiger partial charge in [0.1, 0.15) is 11.6 Å². The summed E-state index contributed by atoms with van der Waals surface area (Å²) in [7, 11) is 0. The lowest BCUT2D eigenvalue weighted by Crippen LogP contribution is -2.22. The third-order valence-corrected chi connectivity index (χ3v) is 4.18. The maximum absolute atomic E-state index is 13.7. The Morgan fingerprint density at radius 3 is 2.48 bits per heavy atom. The first kappa shape index (κ1) is 16.0. The summed E-state index contributed by atoms with van der Waals surface area (Å²) < 4.78 is 26.6. The molecule has 1 N–H and O–H groups in total. The molecule has 0 heterocycles. The Bertz CT molecular complexity index is 626. The summed E-state index contributed by atoms with van der Waals surface area (Å²) in [5.74, 6) is -1.08. The number of halogens is 2. The molecule has 0 bridgehead atoms. The third kappa shape index (κ3) is 4.55. The first-order valence-corrected chi connectivity index (χ1v) is 7.73. The molecule has 2 aromatic carbocycles. The summed E-state index contributed by atoms with van der Waals surface area (Å²) in [6.45, 7) is 7.08. The second-order valence-corrected chi connectivity index (χ2v) is 6.42. The molecule has 4 heteroatoms. The van der Waals surface area contributed by atoms with Gasteiger partial charge >= 0.3 is 0 Å². The van der Waals surface area contributed by atoms with E-state index >= 15 is 0 Å². The molecule has 0 fully saturated rings. The Morgan fingerprint density at radius 2 is 1.86 bits per heavy atom. The predicted molar refractivity (Wildman–Crippen MR) is 83.6 cm³/mol. The topological polar surface area (TPSA) is 12.0 Å². The van der Waals surface area contributed by atoms with Crippen molar-refractivity contribution in [2.45, 2.75) is 43.1 Å². The van der Waals surface area contributed by atoms with Crippen LogP contribution in [0.2, 0.25) is 0 Å². The molecule has 2 aromatic rings. The van der Waals surface area contributed by atoms with E-state index in [-0.39, 0.29) is 0 Å². The Hall–Kier alpha value is -1.39. The van der Waals surface area contributed by atoms with E-state index < -0.39 is 11.6 Å². The van der Waals surface area contributed by atoms with Crippen molar-refractivity contribution in [2.24, 2.45) is 0 Å². The van der Waals surface area contributed by atoms with Crippen molar-refractivity contribution in [3.05, 3.63) is 59.2 Å². The molecule has 0 aliphatic carbocycles. The summed E-state index contributed by atoms with van der Waals surface area (Å²) in [5.41, 5.74) is 2.39. The number of aryl methyl sites for hydroxylation is 1. The molecule has 0 saturated carbocycles. The highest BCUT2D eigenvalue weighted by Gasteiger charge is 2.07. The van der Waals surface area contributed by atoms with E-state index in [2.05, 4.69) is 25.2 Å². The minimum atomic E-state index is -0.553. The average molecular weight is 307 g/mol. The highest BCUT2D eigenvalue weighted by Crippen LogP contribution is 2.31. The smallest absolute Gasteiger partial charge is 0.140 e. The zero-order valence-corrected chi connectivity index (χ0v) is 13.2. The standard InChI is InChI=1S/C17H19F2NS/c1-11(2)20-10-13-4-6-15(8-12(13)3)21-17-7-5-14(18)9-16(17)19/h4-9,11,20H,10H2,1-3H3. The Balaban J connectivity index is 2.12. The maximum Gasteiger partial charge on any atom is 0.140 e. The monoisotopic (exact) mass is 307 g/mol. The third-order valence-electron chi connectivity index (χ3n) is 3.14. The van der Waals surface area contributed by atoms with Crippen LogP contribution in [0.1, 0.15) is 25.0 Å². The van der Waals surface area contributed by atoms with Gasteiger partial charge in [0.25, 0.3) is 0 Å². The molecule has 0 atom stereocenters. The average Bonchev–Trinajstić information content (AvgIpc) is 2.41. The number of nitrogens with one attached hydrogen (secondary N) is 1. The molecular weight excluding hydrogens is 288 g/mol. The molecule has 2 rings (SSSR count). The lowest BCUT2D eigenvalue weighted by molar-refractivity contribution is 0.565. The predicted octanol–water partition coefficient (Wildman–Crippen LogP) is 4.92. The van der Waals surface area contributed by atoms with Gasteiger partial charge in [-0.15, -0.1) is 0 Å². The van der Waals surface area contributed by atoms with Crippen LogP contribution in [0.5, 0.6) is 0 Å². The van der Waals surface area contributed by atoms with Gasteiger partial charge in [-0.2, -0.15) is 0 Å². The molecule has 1 nitrogen and oxygen atoms in total. The number of hydrogen-bond acceptors (Lipinski definition) is 2. The van der Waals surface area contributed by atoms with Crippen molar-refractivity contribution in [2.75, 3.05) is 0 Å². The zero-order chi connectivity index (χ0) is 15.4. The van der Waals surface area contributed by atoms with Crippen LogP contribution in [-0.2, 0) is 6.54 Å². The number of rotatable bonds is 5. The lowest BCUT2D eigenvalue weighted by atomic mass is 10.1. The van der Waals surface area contributed by atoms with Gasteiger partial charge < -0.3 is 5.32 Å². The molecule has 0 spiro atoms. The fraction of sp³-hybridized carbons (Fsp3) is 0.294. The van der Waals surface area contributed by atoms with Crippen LogP contribution in [0.25, 0.3) is 0 Å². The van der Waals surface area contributed by atoms with Crippen LogP contribution in [-0.4, -0.2) is 6.04 Å². The summed E-state index contributed by atoms with van der Waals surface area (Å²) in [5, 5.41) is 3.38. The van der Waals surface area contributed by atoms with Crippen molar-refractivity contribution >= 4 is 11.8 Å². The van der Waals surface area contributed by atoms with Gasteiger partial charge in [0.15, 0.2) is 0 Å². The first-order valence-electron chi connectivity index (χ1n) is 6.91. The van der Waals surface area contributed by atoms with Crippen molar-refractivity contribution in [3.8, 4) is 0 Å². The fourth-order valence-corrected chi connectivity index (χ4v) is 2.85. The van der Waals surface area contributed by atoms with Gasteiger partial charge in [-0.3, -0.25) is 0 Å². The summed E-state index contributed by atoms with van der Waals surface area (Å²) in [6.07, 6.45) is 0. The van der Waals surface area contributed by atoms with Crippen molar-refractivity contribution in [3.63, 3.8) is 0 Å². The molecule has 0 aromatic heterocycles. The van der Waals surface area contributed by atoms with E-state index in [1.165, 1.54) is 29.5 Å². The van der Waals surface area contributed by atoms with E-state index in [1.54, 1.807) is 0 Å². The highest BCUT2D eigenvalue weighted by atomic mass is 32.2. The Morgan fingerprint density at radius 1 is 1.10 bits per heavy atom. The highest BCUT2D eigenvalue weighted by molar-refractivity contribution is 7.99. The molecule has 0 amide bonds. The van der Waals surface area contributed by atoms with E-state index in [1.807, 2.05) is 19.1 Å². The van der Waals surface area contributed by atoms with Gasteiger partial charge in [0.05, 0.1) is 0 Å². The molecule has 112 valence electrons. The van der Waals surface area contributed by atoms with Crippen LogP contribution in [0.3, 0.4) is 0 Å². The Kier molecular flexibility index (Phi) is 5.37. The van der Waals surface area contributed by atoms with Gasteiger partial charge in [0.2, 0.25) is 0 Å². The molecule has 21 heavy (non-hydrogen) atoms. The van der Waals surface area contributed by atoms with E-state index in [0.717, 1.165) is 23.1 Å². The van der Waals surface area contributed by atoms with E-state index in [9.17, 15) is 8.78 Å². The molecular formula is C17H19F2NS. The van der Waals surface area contributed by atoms with Crippen LogP contribution in [0.15, 0.2) is 46.2 Å². The van der Waals surface area contributed by atoms with Crippen molar-refractivity contribution in [1.29, 1.82) is 0 Å². The van der Waals surface area contributed by atoms with Crippen LogP contribution >= 0.6 is 11.8 Å². The van der Waals surface area contributed by atoms with Gasteiger partial charge in [-0.1, -0.05) is 31.7 Å². The summed E-state index contributed by atoms with van der Waals surface area (Å²) >= 11 is 1.31. The van der Waals surface area contributed by atoms with Crippen molar-refractivity contribution < 1.29 is 8.78 Å². The van der Waals surface area contributed by atoms with E-state index in [0.29, 0.717) is 10.9 Å². The molecule has 0 saturated heterocycles. The van der Waals surface area contributed by atoms with Gasteiger partial charge in [0, 0.05) is 28.4 Å². The minimum Gasteiger partial charge on any atom is -0.310 e. The first-order chi connectivity index (χ1) is 9.95. The number of benzene rings is 2. The molecule has 0 unspecified atom stereocenters. The minimum absolute atomic E-state index is 0.434. The largest absolute Gasteiger partial charge is 0.310 e. The molecule has 0 aliphatic heterocycles. The van der Waals surface area contributed by atoms with E-state index in [4.69, 9.17) is 0 Å². The Labute approximate surface area is 128 Å². The maximum atomic E-state index is 13.7. The quantitative estimate of drug-likeness (QED) is 0.841. The zero-order valence-electron chi connectivity index (χ0n) is 12.4. The van der Waals surface area contributed by atoms with Crippen LogP contribution in [0.4, 0.5) is 8.78 Å². The van der Waals surface area contributed by atoms with Crippen LogP contribution < -0.4 is 5.32 Å². The molecule has 0 aliphatic rings. The second kappa shape index (κ2) is 7.05. The SMILES string of the molecule is Cc1cc(Sc2ccc(F)cc2F)ccc1CNC(C)C.